The van der Waals surface area contributed by atoms with Crippen molar-refractivity contribution < 1.29 is 47.7 Å². The summed E-state index contributed by atoms with van der Waals surface area (Å²) in [5.41, 5.74) is -2.52. The molecule has 0 spiro atoms. The first-order chi connectivity index (χ1) is 12.2. The van der Waals surface area contributed by atoms with Crippen molar-refractivity contribution in [1.82, 2.24) is 0 Å². The van der Waals surface area contributed by atoms with Gasteiger partial charge in [0, 0.05) is 0 Å². The predicted molar refractivity (Wildman–Crippen MR) is 90.9 cm³/mol. The Balaban J connectivity index is 4.12. The molecule has 0 saturated carbocycles. The molecule has 0 amide bonds. The van der Waals surface area contributed by atoms with E-state index in [1.54, 1.807) is 0 Å². The average molecular weight is 482 g/mol. The molecule has 1 rings (SSSR count). The molecule has 0 N–H and O–H groups in total. The molecule has 0 unspecified atom stereocenters. The molecule has 0 aromatic rings. The fraction of sp³-hybridized carbons (Fsp3) is 0.400. The van der Waals surface area contributed by atoms with Crippen LogP contribution >= 0.6 is 22.6 Å². The van der Waals surface area contributed by atoms with Gasteiger partial charge in [0.2, 0.25) is 0 Å². The molecular formula is C15H15IO10. The summed E-state index contributed by atoms with van der Waals surface area (Å²) in [5.74, 6) is -5.72. The second kappa shape index (κ2) is 8.29. The van der Waals surface area contributed by atoms with Gasteiger partial charge in [0.05, 0.1) is 57.8 Å². The smallest absolute Gasteiger partial charge is 0.339 e. The minimum Gasteiger partial charge on any atom is -0.468 e. The van der Waals surface area contributed by atoms with Gasteiger partial charge < -0.3 is 23.7 Å². The number of hydrogen-bond donors (Lipinski definition) is 0. The summed E-state index contributed by atoms with van der Waals surface area (Å²) in [6, 6.07) is 0. The largest absolute Gasteiger partial charge is 0.468 e. The van der Waals surface area contributed by atoms with Crippen molar-refractivity contribution in [3.8, 4) is 0 Å². The monoisotopic (exact) mass is 482 g/mol. The van der Waals surface area contributed by atoms with Crippen molar-refractivity contribution in [3.05, 3.63) is 22.3 Å². The molecule has 0 aromatic carbocycles. The molecule has 1 aliphatic rings. The van der Waals surface area contributed by atoms with Crippen LogP contribution in [0.15, 0.2) is 22.3 Å². The Hall–Kier alpha value is -2.44. The van der Waals surface area contributed by atoms with Gasteiger partial charge in [-0.2, -0.15) is 0 Å². The highest BCUT2D eigenvalue weighted by Gasteiger charge is 2.61. The van der Waals surface area contributed by atoms with Gasteiger partial charge in [-0.1, -0.05) is 22.6 Å². The fourth-order valence-electron chi connectivity index (χ4n) is 2.37. The third-order valence-corrected chi connectivity index (χ3v) is 4.98. The summed E-state index contributed by atoms with van der Waals surface area (Å²) >= 11 is 1.41. The van der Waals surface area contributed by atoms with E-state index >= 15 is 0 Å². The molecule has 0 atom stereocenters. The number of halogens is 1. The van der Waals surface area contributed by atoms with Crippen molar-refractivity contribution in [3.63, 3.8) is 0 Å². The van der Waals surface area contributed by atoms with E-state index in [-0.39, 0.29) is 0 Å². The second-order valence-electron chi connectivity index (χ2n) is 4.62. The molecule has 0 saturated heterocycles. The Bertz CT molecular complexity index is 694. The Morgan fingerprint density at radius 1 is 0.615 bits per heavy atom. The molecule has 0 heterocycles. The van der Waals surface area contributed by atoms with Crippen LogP contribution in [0.2, 0.25) is 0 Å². The third-order valence-electron chi connectivity index (χ3n) is 3.46. The van der Waals surface area contributed by atoms with E-state index in [9.17, 15) is 24.0 Å². The van der Waals surface area contributed by atoms with E-state index < -0.39 is 55.6 Å². The molecule has 142 valence electrons. The van der Waals surface area contributed by atoms with E-state index in [0.29, 0.717) is 0 Å². The zero-order valence-corrected chi connectivity index (χ0v) is 16.6. The molecule has 1 aliphatic carbocycles. The zero-order valence-electron chi connectivity index (χ0n) is 14.5. The van der Waals surface area contributed by atoms with E-state index in [2.05, 4.69) is 23.7 Å². The summed E-state index contributed by atoms with van der Waals surface area (Å²) in [6.45, 7) is 0. The van der Waals surface area contributed by atoms with E-state index in [1.807, 2.05) is 0 Å². The summed E-state index contributed by atoms with van der Waals surface area (Å²) in [6.07, 6.45) is 0. The van der Waals surface area contributed by atoms with Crippen LogP contribution in [0.1, 0.15) is 0 Å². The molecular weight excluding hydrogens is 467 g/mol. The molecule has 0 aliphatic heterocycles. The van der Waals surface area contributed by atoms with E-state index in [1.165, 1.54) is 22.6 Å². The first kappa shape index (κ1) is 21.6. The lowest BCUT2D eigenvalue weighted by Gasteiger charge is -2.24. The quantitative estimate of drug-likeness (QED) is 0.221. The van der Waals surface area contributed by atoms with Gasteiger partial charge in [0.25, 0.3) is 0 Å². The second-order valence-corrected chi connectivity index (χ2v) is 6.23. The summed E-state index contributed by atoms with van der Waals surface area (Å²) in [4.78, 5) is 61.8. The Kier molecular flexibility index (Phi) is 6.89. The summed E-state index contributed by atoms with van der Waals surface area (Å²) < 4.78 is 20.9. The lowest BCUT2D eigenvalue weighted by Crippen LogP contribution is -2.42. The Labute approximate surface area is 161 Å². The molecule has 10 nitrogen and oxygen atoms in total. The number of esters is 5. The topological polar surface area (TPSA) is 132 Å². The molecule has 26 heavy (non-hydrogen) atoms. The summed E-state index contributed by atoms with van der Waals surface area (Å²) in [5, 5.41) is 0. The number of methoxy groups -OCH3 is 5. The highest BCUT2D eigenvalue weighted by Crippen LogP contribution is 2.49. The first-order valence-electron chi connectivity index (χ1n) is 6.77. The van der Waals surface area contributed by atoms with Crippen molar-refractivity contribution in [1.29, 1.82) is 0 Å². The molecule has 0 radical (unpaired) electrons. The number of ether oxygens (including phenoxy) is 5. The molecule has 0 aromatic heterocycles. The fourth-order valence-corrected chi connectivity index (χ4v) is 3.57. The van der Waals surface area contributed by atoms with Gasteiger partial charge in [-0.25, -0.2) is 24.0 Å². The zero-order chi connectivity index (χ0) is 20.2. The van der Waals surface area contributed by atoms with Gasteiger partial charge in [0.1, 0.15) is 0 Å². The number of carbonyl (C=O) groups excluding carboxylic acids is 5. The van der Waals surface area contributed by atoms with Crippen LogP contribution in [0.5, 0.6) is 0 Å². The van der Waals surface area contributed by atoms with Gasteiger partial charge >= 0.3 is 29.8 Å². The van der Waals surface area contributed by atoms with Crippen LogP contribution in [0, 0.1) is 0 Å². The van der Waals surface area contributed by atoms with Crippen LogP contribution < -0.4 is 0 Å². The SMILES string of the molecule is COC(=O)C1=C(C(=O)OC)C(I)(C(=O)OC)C(C(=O)OC)=C1C(=O)OC. The first-order valence-corrected chi connectivity index (χ1v) is 7.85. The number of alkyl halides is 1. The minimum absolute atomic E-state index is 0.611. The normalized spacial score (nSPS) is 15.3. The number of hydrogen-bond acceptors (Lipinski definition) is 10. The predicted octanol–water partition coefficient (Wildman–Crippen LogP) is -0.368. The van der Waals surface area contributed by atoms with Crippen LogP contribution in [0.25, 0.3) is 0 Å². The Morgan fingerprint density at radius 3 is 1.15 bits per heavy atom. The highest BCUT2D eigenvalue weighted by molar-refractivity contribution is 14.1. The standard InChI is InChI=1S/C15H15IO10/c1-22-10(17)6-7(11(18)23-2)9(13(20)25-4)15(16,14(21)26-5)8(6)12(19)24-3/h1-5H3. The van der Waals surface area contributed by atoms with Crippen LogP contribution in [-0.2, 0) is 47.7 Å². The maximum absolute atomic E-state index is 12.5. The van der Waals surface area contributed by atoms with Gasteiger partial charge in [0.15, 0.2) is 3.42 Å². The molecule has 11 heteroatoms. The van der Waals surface area contributed by atoms with E-state index in [4.69, 9.17) is 0 Å². The van der Waals surface area contributed by atoms with Gasteiger partial charge in [-0.15, -0.1) is 0 Å². The lowest BCUT2D eigenvalue weighted by atomic mass is 9.94. The number of carbonyl (C=O) groups is 5. The van der Waals surface area contributed by atoms with Crippen molar-refractivity contribution >= 4 is 52.4 Å². The van der Waals surface area contributed by atoms with Crippen molar-refractivity contribution in [2.24, 2.45) is 0 Å². The van der Waals surface area contributed by atoms with Crippen LogP contribution in [-0.4, -0.2) is 68.8 Å². The third kappa shape index (κ3) is 3.18. The average Bonchev–Trinajstić information content (AvgIpc) is 2.94. The maximum Gasteiger partial charge on any atom is 0.339 e. The lowest BCUT2D eigenvalue weighted by molar-refractivity contribution is -0.146. The van der Waals surface area contributed by atoms with Gasteiger partial charge in [-0.3, -0.25) is 0 Å². The minimum atomic E-state index is -2.19. The van der Waals surface area contributed by atoms with Crippen LogP contribution in [0.4, 0.5) is 0 Å². The van der Waals surface area contributed by atoms with Crippen molar-refractivity contribution in [2.45, 2.75) is 3.42 Å². The maximum atomic E-state index is 12.5. The van der Waals surface area contributed by atoms with Gasteiger partial charge in [-0.05, 0) is 0 Å². The highest BCUT2D eigenvalue weighted by atomic mass is 127. The molecule has 0 fully saturated rings. The molecule has 0 bridgehead atoms. The number of rotatable bonds is 5. The van der Waals surface area contributed by atoms with Crippen LogP contribution in [0.3, 0.4) is 0 Å². The van der Waals surface area contributed by atoms with Crippen molar-refractivity contribution in [2.75, 3.05) is 35.5 Å². The summed E-state index contributed by atoms with van der Waals surface area (Å²) in [7, 11) is 4.96. The van der Waals surface area contributed by atoms with E-state index in [0.717, 1.165) is 35.5 Å². The Morgan fingerprint density at radius 2 is 0.923 bits per heavy atom.